The third-order valence-electron chi connectivity index (χ3n) is 3.54. The maximum Gasteiger partial charge on any atom is 0.138 e. The molecule has 0 radical (unpaired) electrons. The smallest absolute Gasteiger partial charge is 0.138 e. The van der Waals surface area contributed by atoms with Gasteiger partial charge in [-0.15, -0.1) is 0 Å². The topological polar surface area (TPSA) is 42.7 Å². The Kier molecular flexibility index (Phi) is 4.68. The zero-order valence-electron chi connectivity index (χ0n) is 11.9. The van der Waals surface area contributed by atoms with Crippen molar-refractivity contribution in [3.8, 4) is 0 Å². The fourth-order valence-electron chi connectivity index (χ4n) is 2.42. The maximum atomic E-state index is 4.33. The Hall–Kier alpha value is -1.68. The van der Waals surface area contributed by atoms with Gasteiger partial charge in [-0.2, -0.15) is 5.10 Å². The molecule has 2 aromatic rings. The molecule has 1 N–H and O–H groups in total. The van der Waals surface area contributed by atoms with Crippen molar-refractivity contribution in [2.24, 2.45) is 13.0 Å². The van der Waals surface area contributed by atoms with E-state index < -0.39 is 0 Å². The van der Waals surface area contributed by atoms with Crippen molar-refractivity contribution in [1.82, 2.24) is 20.1 Å². The predicted molar refractivity (Wildman–Crippen MR) is 77.0 cm³/mol. The molecule has 1 atom stereocenters. The zero-order valence-corrected chi connectivity index (χ0v) is 11.9. The molecule has 0 saturated heterocycles. The first kappa shape index (κ1) is 13.7. The quantitative estimate of drug-likeness (QED) is 0.858. The minimum absolute atomic E-state index is 0.536. The average Bonchev–Trinajstić information content (AvgIpc) is 2.78. The summed E-state index contributed by atoms with van der Waals surface area (Å²) < 4.78 is 1.86. The molecule has 0 aliphatic heterocycles. The summed E-state index contributed by atoms with van der Waals surface area (Å²) in [5.41, 5.74) is 2.78. The van der Waals surface area contributed by atoms with Crippen LogP contribution in [0.5, 0.6) is 0 Å². The van der Waals surface area contributed by atoms with Crippen LogP contribution in [0.25, 0.3) is 0 Å². The Morgan fingerprint density at radius 2 is 2.05 bits per heavy atom. The van der Waals surface area contributed by atoms with Gasteiger partial charge in [0.25, 0.3) is 0 Å². The number of nitrogens with zero attached hydrogens (tertiary/aromatic N) is 3. The molecule has 0 aliphatic carbocycles. The van der Waals surface area contributed by atoms with E-state index in [0.717, 1.165) is 25.2 Å². The molecule has 1 heterocycles. The lowest BCUT2D eigenvalue weighted by atomic mass is 9.93. The van der Waals surface area contributed by atoms with Crippen LogP contribution >= 0.6 is 0 Å². The van der Waals surface area contributed by atoms with Crippen LogP contribution < -0.4 is 5.32 Å². The Morgan fingerprint density at radius 3 is 2.68 bits per heavy atom. The van der Waals surface area contributed by atoms with E-state index in [2.05, 4.69) is 46.6 Å². The van der Waals surface area contributed by atoms with E-state index in [1.807, 2.05) is 18.8 Å². The standard InChI is InChI=1S/C15H22N4/c1-12-6-4-5-7-14(12)8-13(10-16-2)9-15-17-11-18-19(15)3/h4-7,11,13,16H,8-10H2,1-3H3. The number of benzene rings is 1. The zero-order chi connectivity index (χ0) is 13.7. The van der Waals surface area contributed by atoms with Crippen molar-refractivity contribution in [3.05, 3.63) is 47.5 Å². The summed E-state index contributed by atoms with van der Waals surface area (Å²) in [7, 11) is 3.95. The van der Waals surface area contributed by atoms with E-state index in [-0.39, 0.29) is 0 Å². The van der Waals surface area contributed by atoms with Gasteiger partial charge in [0, 0.05) is 13.5 Å². The van der Waals surface area contributed by atoms with E-state index in [9.17, 15) is 0 Å². The predicted octanol–water partition coefficient (Wildman–Crippen LogP) is 1.74. The molecule has 1 aromatic carbocycles. The lowest BCUT2D eigenvalue weighted by molar-refractivity contribution is 0.470. The van der Waals surface area contributed by atoms with Gasteiger partial charge in [-0.05, 0) is 44.0 Å². The highest BCUT2D eigenvalue weighted by Gasteiger charge is 2.14. The molecule has 0 saturated carbocycles. The van der Waals surface area contributed by atoms with Gasteiger partial charge < -0.3 is 5.32 Å². The Balaban J connectivity index is 2.08. The highest BCUT2D eigenvalue weighted by atomic mass is 15.3. The van der Waals surface area contributed by atoms with Crippen LogP contribution in [0.1, 0.15) is 17.0 Å². The lowest BCUT2D eigenvalue weighted by Gasteiger charge is -2.17. The van der Waals surface area contributed by atoms with Crippen molar-refractivity contribution < 1.29 is 0 Å². The van der Waals surface area contributed by atoms with Crippen molar-refractivity contribution >= 4 is 0 Å². The average molecular weight is 258 g/mol. The number of aromatic nitrogens is 3. The van der Waals surface area contributed by atoms with Gasteiger partial charge in [0.15, 0.2) is 0 Å². The number of hydrogen-bond acceptors (Lipinski definition) is 3. The number of hydrogen-bond donors (Lipinski definition) is 1. The second kappa shape index (κ2) is 6.48. The van der Waals surface area contributed by atoms with Crippen molar-refractivity contribution in [2.45, 2.75) is 19.8 Å². The highest BCUT2D eigenvalue weighted by molar-refractivity contribution is 5.26. The summed E-state index contributed by atoms with van der Waals surface area (Å²) in [5.74, 6) is 1.59. The maximum absolute atomic E-state index is 4.33. The van der Waals surface area contributed by atoms with E-state index in [1.54, 1.807) is 6.33 Å². The number of rotatable bonds is 6. The summed E-state index contributed by atoms with van der Waals surface area (Å²) in [6, 6.07) is 8.60. The Morgan fingerprint density at radius 1 is 1.26 bits per heavy atom. The third-order valence-corrected chi connectivity index (χ3v) is 3.54. The largest absolute Gasteiger partial charge is 0.319 e. The monoisotopic (exact) mass is 258 g/mol. The number of nitrogens with one attached hydrogen (secondary N) is 1. The van der Waals surface area contributed by atoms with Crippen molar-refractivity contribution in [2.75, 3.05) is 13.6 Å². The second-order valence-electron chi connectivity index (χ2n) is 5.06. The van der Waals surface area contributed by atoms with Gasteiger partial charge in [0.1, 0.15) is 12.2 Å². The van der Waals surface area contributed by atoms with E-state index >= 15 is 0 Å². The van der Waals surface area contributed by atoms with Crippen LogP contribution in [-0.2, 0) is 19.9 Å². The molecule has 0 aliphatic rings. The Labute approximate surface area is 114 Å². The minimum atomic E-state index is 0.536. The molecule has 4 nitrogen and oxygen atoms in total. The fourth-order valence-corrected chi connectivity index (χ4v) is 2.42. The SMILES string of the molecule is CNCC(Cc1ccccc1C)Cc1ncnn1C. The second-order valence-corrected chi connectivity index (χ2v) is 5.06. The van der Waals surface area contributed by atoms with Gasteiger partial charge in [0.2, 0.25) is 0 Å². The van der Waals surface area contributed by atoms with E-state index in [0.29, 0.717) is 5.92 Å². The van der Waals surface area contributed by atoms with Crippen LogP contribution in [-0.4, -0.2) is 28.4 Å². The summed E-state index contributed by atoms with van der Waals surface area (Å²) >= 11 is 0. The Bertz CT molecular complexity index is 518. The molecular weight excluding hydrogens is 236 g/mol. The highest BCUT2D eigenvalue weighted by Crippen LogP contribution is 2.16. The van der Waals surface area contributed by atoms with Crippen molar-refractivity contribution in [1.29, 1.82) is 0 Å². The summed E-state index contributed by atoms with van der Waals surface area (Å²) in [4.78, 5) is 4.33. The first-order valence-electron chi connectivity index (χ1n) is 6.72. The molecule has 102 valence electrons. The van der Waals surface area contributed by atoms with Gasteiger partial charge >= 0.3 is 0 Å². The normalized spacial score (nSPS) is 12.6. The van der Waals surface area contributed by atoms with Crippen molar-refractivity contribution in [3.63, 3.8) is 0 Å². The van der Waals surface area contributed by atoms with Gasteiger partial charge in [-0.1, -0.05) is 24.3 Å². The van der Waals surface area contributed by atoms with Crippen LogP contribution in [0.3, 0.4) is 0 Å². The van der Waals surface area contributed by atoms with Gasteiger partial charge in [-0.25, -0.2) is 4.98 Å². The lowest BCUT2D eigenvalue weighted by Crippen LogP contribution is -2.24. The van der Waals surface area contributed by atoms with Crippen LogP contribution in [0.2, 0.25) is 0 Å². The first-order chi connectivity index (χ1) is 9.20. The molecular formula is C15H22N4. The minimum Gasteiger partial charge on any atom is -0.319 e. The molecule has 2 rings (SSSR count). The molecule has 0 bridgehead atoms. The molecule has 1 aromatic heterocycles. The third kappa shape index (κ3) is 3.64. The summed E-state index contributed by atoms with van der Waals surface area (Å²) in [5, 5.41) is 7.42. The summed E-state index contributed by atoms with van der Waals surface area (Å²) in [6.45, 7) is 3.16. The van der Waals surface area contributed by atoms with E-state index in [4.69, 9.17) is 0 Å². The molecule has 0 spiro atoms. The fraction of sp³-hybridized carbons (Fsp3) is 0.467. The first-order valence-corrected chi connectivity index (χ1v) is 6.72. The molecule has 0 fully saturated rings. The van der Waals surface area contributed by atoms with Gasteiger partial charge in [0.05, 0.1) is 0 Å². The molecule has 0 amide bonds. The molecule has 19 heavy (non-hydrogen) atoms. The summed E-state index contributed by atoms with van der Waals surface area (Å²) in [6.07, 6.45) is 3.64. The van der Waals surface area contributed by atoms with Crippen LogP contribution in [0, 0.1) is 12.8 Å². The van der Waals surface area contributed by atoms with E-state index in [1.165, 1.54) is 11.1 Å². The van der Waals surface area contributed by atoms with Crippen LogP contribution in [0.4, 0.5) is 0 Å². The number of aryl methyl sites for hydroxylation is 2. The van der Waals surface area contributed by atoms with Crippen LogP contribution in [0.15, 0.2) is 30.6 Å². The molecule has 1 unspecified atom stereocenters. The molecule has 4 heteroatoms. The van der Waals surface area contributed by atoms with Gasteiger partial charge in [-0.3, -0.25) is 4.68 Å².